The normalized spacial score (nSPS) is 10.3. The molecule has 0 unspecified atom stereocenters. The third kappa shape index (κ3) is 2.94. The van der Waals surface area contributed by atoms with E-state index in [0.29, 0.717) is 11.3 Å². The van der Waals surface area contributed by atoms with E-state index in [1.165, 1.54) is 18.1 Å². The molecule has 0 heterocycles. The van der Waals surface area contributed by atoms with E-state index >= 15 is 0 Å². The molecule has 2 rings (SSSR count). The first-order valence-corrected chi connectivity index (χ1v) is 6.22. The van der Waals surface area contributed by atoms with Crippen LogP contribution in [0, 0.1) is 13.8 Å². The Balaban J connectivity index is 2.29. The van der Waals surface area contributed by atoms with Crippen LogP contribution in [-0.4, -0.2) is 5.78 Å². The van der Waals surface area contributed by atoms with E-state index in [4.69, 9.17) is 5.73 Å². The van der Waals surface area contributed by atoms with E-state index in [1.54, 1.807) is 12.1 Å². The molecule has 0 aliphatic rings. The molecule has 3 nitrogen and oxygen atoms in total. The Morgan fingerprint density at radius 3 is 2.42 bits per heavy atom. The second kappa shape index (κ2) is 5.14. The highest BCUT2D eigenvalue weighted by molar-refractivity contribution is 5.99. The van der Waals surface area contributed by atoms with Crippen molar-refractivity contribution >= 4 is 22.8 Å². The Morgan fingerprint density at radius 1 is 1.11 bits per heavy atom. The monoisotopic (exact) mass is 254 g/mol. The van der Waals surface area contributed by atoms with E-state index in [0.717, 1.165) is 11.4 Å². The van der Waals surface area contributed by atoms with Gasteiger partial charge in [0, 0.05) is 22.6 Å². The van der Waals surface area contributed by atoms with Crippen molar-refractivity contribution in [1.29, 1.82) is 0 Å². The van der Waals surface area contributed by atoms with Gasteiger partial charge in [-0.15, -0.1) is 0 Å². The van der Waals surface area contributed by atoms with Gasteiger partial charge in [0.05, 0.1) is 0 Å². The maximum Gasteiger partial charge on any atom is 0.161 e. The zero-order valence-corrected chi connectivity index (χ0v) is 11.4. The maximum absolute atomic E-state index is 11.3. The first-order chi connectivity index (χ1) is 8.97. The Morgan fingerprint density at radius 2 is 1.84 bits per heavy atom. The number of anilines is 3. The first kappa shape index (κ1) is 13.1. The van der Waals surface area contributed by atoms with Gasteiger partial charge in [0.15, 0.2) is 5.78 Å². The summed E-state index contributed by atoms with van der Waals surface area (Å²) in [6.45, 7) is 5.64. The number of nitrogens with two attached hydrogens (primary N) is 1. The number of rotatable bonds is 3. The number of carbonyl (C=O) groups excluding carboxylic acids is 1. The molecule has 0 bridgehead atoms. The molecular formula is C16H18N2O. The van der Waals surface area contributed by atoms with Crippen LogP contribution in [0.2, 0.25) is 0 Å². The summed E-state index contributed by atoms with van der Waals surface area (Å²) in [5.41, 5.74) is 11.3. The number of ketones is 1. The molecule has 98 valence electrons. The van der Waals surface area contributed by atoms with Gasteiger partial charge < -0.3 is 11.1 Å². The Hall–Kier alpha value is -2.29. The lowest BCUT2D eigenvalue weighted by molar-refractivity contribution is 0.101. The van der Waals surface area contributed by atoms with Crippen LogP contribution in [0.4, 0.5) is 17.1 Å². The summed E-state index contributed by atoms with van der Waals surface area (Å²) in [4.78, 5) is 11.3. The van der Waals surface area contributed by atoms with Gasteiger partial charge in [-0.25, -0.2) is 0 Å². The Bertz CT molecular complexity index is 633. The van der Waals surface area contributed by atoms with Crippen LogP contribution in [0.25, 0.3) is 0 Å². The molecule has 0 aliphatic carbocycles. The molecule has 0 saturated heterocycles. The van der Waals surface area contributed by atoms with Crippen LogP contribution in [0.3, 0.4) is 0 Å². The lowest BCUT2D eigenvalue weighted by atomic mass is 10.1. The van der Waals surface area contributed by atoms with Crippen molar-refractivity contribution in [2.24, 2.45) is 0 Å². The van der Waals surface area contributed by atoms with Crippen molar-refractivity contribution in [2.75, 3.05) is 11.1 Å². The van der Waals surface area contributed by atoms with Crippen LogP contribution in [-0.2, 0) is 0 Å². The van der Waals surface area contributed by atoms with Crippen LogP contribution < -0.4 is 11.1 Å². The summed E-state index contributed by atoms with van der Waals surface area (Å²) in [5, 5.41) is 3.32. The molecule has 0 aliphatic heterocycles. The van der Waals surface area contributed by atoms with E-state index in [1.807, 2.05) is 12.1 Å². The molecule has 0 aromatic heterocycles. The fourth-order valence-corrected chi connectivity index (χ4v) is 2.07. The molecule has 0 atom stereocenters. The average Bonchev–Trinajstić information content (AvgIpc) is 2.32. The smallest absolute Gasteiger partial charge is 0.161 e. The van der Waals surface area contributed by atoms with E-state index in [-0.39, 0.29) is 5.78 Å². The summed E-state index contributed by atoms with van der Waals surface area (Å²) >= 11 is 0. The van der Waals surface area contributed by atoms with Crippen molar-refractivity contribution in [2.45, 2.75) is 20.8 Å². The van der Waals surface area contributed by atoms with E-state index < -0.39 is 0 Å². The van der Waals surface area contributed by atoms with Crippen molar-refractivity contribution in [3.05, 3.63) is 53.1 Å². The topological polar surface area (TPSA) is 55.1 Å². The molecule has 3 N–H and O–H groups in total. The van der Waals surface area contributed by atoms with Crippen LogP contribution in [0.1, 0.15) is 28.4 Å². The minimum absolute atomic E-state index is 0.0180. The molecule has 0 amide bonds. The molecule has 3 heteroatoms. The highest BCUT2D eigenvalue weighted by Crippen LogP contribution is 2.24. The summed E-state index contributed by atoms with van der Waals surface area (Å²) < 4.78 is 0. The fourth-order valence-electron chi connectivity index (χ4n) is 2.07. The van der Waals surface area contributed by atoms with Gasteiger partial charge in [0.2, 0.25) is 0 Å². The SMILES string of the molecule is CC(=O)c1ccc(Nc2ccc(C)cc2C)cc1N. The number of hydrogen-bond acceptors (Lipinski definition) is 3. The third-order valence-corrected chi connectivity index (χ3v) is 3.09. The van der Waals surface area contributed by atoms with Crippen molar-refractivity contribution < 1.29 is 4.79 Å². The van der Waals surface area contributed by atoms with E-state index in [9.17, 15) is 4.79 Å². The second-order valence-corrected chi connectivity index (χ2v) is 4.80. The molecular weight excluding hydrogens is 236 g/mol. The van der Waals surface area contributed by atoms with Gasteiger partial charge in [-0.05, 0) is 50.6 Å². The number of benzene rings is 2. The third-order valence-electron chi connectivity index (χ3n) is 3.09. The summed E-state index contributed by atoms with van der Waals surface area (Å²) in [7, 11) is 0. The van der Waals surface area contributed by atoms with Crippen LogP contribution >= 0.6 is 0 Å². The molecule has 0 saturated carbocycles. The number of nitrogens with one attached hydrogen (secondary N) is 1. The minimum Gasteiger partial charge on any atom is -0.398 e. The second-order valence-electron chi connectivity index (χ2n) is 4.80. The predicted molar refractivity (Wildman–Crippen MR) is 80.1 cm³/mol. The van der Waals surface area contributed by atoms with Gasteiger partial charge in [0.25, 0.3) is 0 Å². The molecule has 0 radical (unpaired) electrons. The lowest BCUT2D eigenvalue weighted by Crippen LogP contribution is -2.01. The predicted octanol–water partition coefficient (Wildman–Crippen LogP) is 3.83. The van der Waals surface area contributed by atoms with Gasteiger partial charge in [-0.2, -0.15) is 0 Å². The Kier molecular flexibility index (Phi) is 3.56. The average molecular weight is 254 g/mol. The quantitative estimate of drug-likeness (QED) is 0.646. The zero-order chi connectivity index (χ0) is 14.0. The van der Waals surface area contributed by atoms with Gasteiger partial charge in [-0.3, -0.25) is 4.79 Å². The van der Waals surface area contributed by atoms with Crippen molar-refractivity contribution in [3.8, 4) is 0 Å². The number of Topliss-reactive ketones (excluding diaryl/α,β-unsaturated/α-hetero) is 1. The Labute approximate surface area is 113 Å². The van der Waals surface area contributed by atoms with Gasteiger partial charge in [-0.1, -0.05) is 17.7 Å². The summed E-state index contributed by atoms with van der Waals surface area (Å²) in [6.07, 6.45) is 0. The van der Waals surface area contributed by atoms with Crippen molar-refractivity contribution in [3.63, 3.8) is 0 Å². The lowest BCUT2D eigenvalue weighted by Gasteiger charge is -2.12. The van der Waals surface area contributed by atoms with Crippen molar-refractivity contribution in [1.82, 2.24) is 0 Å². The van der Waals surface area contributed by atoms with Crippen LogP contribution in [0.15, 0.2) is 36.4 Å². The largest absolute Gasteiger partial charge is 0.398 e. The van der Waals surface area contributed by atoms with Gasteiger partial charge in [0.1, 0.15) is 0 Å². The molecule has 2 aromatic carbocycles. The van der Waals surface area contributed by atoms with E-state index in [2.05, 4.69) is 31.3 Å². The standard InChI is InChI=1S/C16H18N2O/c1-10-4-7-16(11(2)8-10)18-13-5-6-14(12(3)19)15(17)9-13/h4-9,18H,17H2,1-3H3. The maximum atomic E-state index is 11.3. The molecule has 19 heavy (non-hydrogen) atoms. The molecule has 2 aromatic rings. The number of hydrogen-bond donors (Lipinski definition) is 2. The van der Waals surface area contributed by atoms with Crippen LogP contribution in [0.5, 0.6) is 0 Å². The number of nitrogen functional groups attached to an aromatic ring is 1. The highest BCUT2D eigenvalue weighted by Gasteiger charge is 2.06. The molecule has 0 spiro atoms. The highest BCUT2D eigenvalue weighted by atomic mass is 16.1. The van der Waals surface area contributed by atoms with Gasteiger partial charge >= 0.3 is 0 Å². The summed E-state index contributed by atoms with van der Waals surface area (Å²) in [6, 6.07) is 11.6. The number of carbonyl (C=O) groups is 1. The first-order valence-electron chi connectivity index (χ1n) is 6.22. The summed E-state index contributed by atoms with van der Waals surface area (Å²) in [5.74, 6) is -0.0180. The molecule has 0 fully saturated rings. The minimum atomic E-state index is -0.0180. The fraction of sp³-hybridized carbons (Fsp3) is 0.188. The zero-order valence-electron chi connectivity index (χ0n) is 11.4. The number of aryl methyl sites for hydroxylation is 2.